The molecule has 0 unspecified atom stereocenters. The van der Waals surface area contributed by atoms with E-state index in [0.29, 0.717) is 0 Å². The monoisotopic (exact) mass is 397 g/mol. The number of hydrogen-bond acceptors (Lipinski definition) is 0. The van der Waals surface area contributed by atoms with E-state index in [0.717, 1.165) is 4.47 Å². The van der Waals surface area contributed by atoms with Crippen molar-refractivity contribution in [3.63, 3.8) is 0 Å². The average Bonchev–Trinajstić information content (AvgIpc) is 3.04. The van der Waals surface area contributed by atoms with E-state index in [1.807, 2.05) is 0 Å². The third-order valence-electron chi connectivity index (χ3n) is 4.87. The van der Waals surface area contributed by atoms with Gasteiger partial charge >= 0.3 is 0 Å². The van der Waals surface area contributed by atoms with E-state index in [2.05, 4.69) is 118 Å². The second-order valence-corrected chi connectivity index (χ2v) is 7.22. The summed E-state index contributed by atoms with van der Waals surface area (Å²) in [5, 5.41) is 2.55. The second-order valence-electron chi connectivity index (χ2n) is 6.37. The lowest BCUT2D eigenvalue weighted by atomic mass is 10.0. The quantitative estimate of drug-likeness (QED) is 0.296. The molecule has 0 saturated heterocycles. The summed E-state index contributed by atoms with van der Waals surface area (Å²) in [5.74, 6) is 0. The van der Waals surface area contributed by atoms with Gasteiger partial charge in [-0.25, -0.2) is 0 Å². The summed E-state index contributed by atoms with van der Waals surface area (Å²) in [5.41, 5.74) is 6.09. The average molecular weight is 398 g/mol. The molecule has 4 aromatic carbocycles. The molecule has 1 heterocycles. The maximum absolute atomic E-state index is 3.73. The zero-order valence-corrected chi connectivity index (χ0v) is 15.6. The Morgan fingerprint density at radius 3 is 2.04 bits per heavy atom. The van der Waals surface area contributed by atoms with Crippen LogP contribution >= 0.6 is 15.9 Å². The highest BCUT2D eigenvalue weighted by atomic mass is 79.9. The molecule has 0 bridgehead atoms. The Morgan fingerprint density at radius 1 is 0.538 bits per heavy atom. The van der Waals surface area contributed by atoms with Crippen LogP contribution in [0.25, 0.3) is 38.6 Å². The Hall–Kier alpha value is -2.84. The van der Waals surface area contributed by atoms with Crippen molar-refractivity contribution in [3.8, 4) is 16.8 Å². The van der Waals surface area contributed by atoms with E-state index in [9.17, 15) is 0 Å². The van der Waals surface area contributed by atoms with Gasteiger partial charge in [-0.2, -0.15) is 0 Å². The molecule has 124 valence electrons. The Kier molecular flexibility index (Phi) is 3.65. The number of benzene rings is 4. The van der Waals surface area contributed by atoms with Gasteiger partial charge in [0.1, 0.15) is 0 Å². The second kappa shape index (κ2) is 6.15. The first kappa shape index (κ1) is 15.4. The van der Waals surface area contributed by atoms with Crippen molar-refractivity contribution in [1.29, 1.82) is 0 Å². The molecule has 1 aromatic heterocycles. The van der Waals surface area contributed by atoms with Gasteiger partial charge < -0.3 is 4.57 Å². The molecule has 2 heteroatoms. The van der Waals surface area contributed by atoms with Crippen LogP contribution < -0.4 is 0 Å². The molecule has 0 aliphatic carbocycles. The van der Waals surface area contributed by atoms with Crippen LogP contribution in [0.1, 0.15) is 0 Å². The fourth-order valence-electron chi connectivity index (χ4n) is 3.76. The Bertz CT molecular complexity index is 1240. The SMILES string of the molecule is Brc1ccccc1-c1cccc2c3ccccc3n(-c3ccccc3)c12. The van der Waals surface area contributed by atoms with Gasteiger partial charge in [0.25, 0.3) is 0 Å². The lowest BCUT2D eigenvalue weighted by molar-refractivity contribution is 1.18. The molecular weight excluding hydrogens is 382 g/mol. The van der Waals surface area contributed by atoms with Crippen molar-refractivity contribution in [2.24, 2.45) is 0 Å². The standard InChI is InChI=1S/C24H16BrN/c25-22-15-6-4-11-18(22)20-13-8-14-21-19-12-5-7-16-23(19)26(24(20)21)17-9-2-1-3-10-17/h1-16H. The van der Waals surface area contributed by atoms with Crippen molar-refractivity contribution in [2.75, 3.05) is 0 Å². The molecule has 0 spiro atoms. The number of hydrogen-bond donors (Lipinski definition) is 0. The molecule has 5 aromatic rings. The highest BCUT2D eigenvalue weighted by molar-refractivity contribution is 9.10. The van der Waals surface area contributed by atoms with E-state index in [4.69, 9.17) is 0 Å². The van der Waals surface area contributed by atoms with Crippen LogP contribution in [0.4, 0.5) is 0 Å². The normalized spacial score (nSPS) is 11.3. The maximum Gasteiger partial charge on any atom is 0.0619 e. The lowest BCUT2D eigenvalue weighted by Gasteiger charge is -2.12. The minimum atomic E-state index is 1.11. The first-order valence-electron chi connectivity index (χ1n) is 8.67. The molecular formula is C24H16BrN. The van der Waals surface area contributed by atoms with Crippen LogP contribution in [0.3, 0.4) is 0 Å². The molecule has 0 amide bonds. The first-order chi connectivity index (χ1) is 12.8. The fraction of sp³-hybridized carbons (Fsp3) is 0. The molecule has 0 aliphatic rings. The molecule has 5 rings (SSSR count). The summed E-state index contributed by atoms with van der Waals surface area (Å²) >= 11 is 3.73. The molecule has 0 aliphatic heterocycles. The largest absolute Gasteiger partial charge is 0.309 e. The van der Waals surface area contributed by atoms with Crippen LogP contribution in [0.15, 0.2) is 102 Å². The Morgan fingerprint density at radius 2 is 1.19 bits per heavy atom. The molecule has 0 atom stereocenters. The minimum Gasteiger partial charge on any atom is -0.309 e. The molecule has 0 N–H and O–H groups in total. The minimum absolute atomic E-state index is 1.11. The molecule has 26 heavy (non-hydrogen) atoms. The van der Waals surface area contributed by atoms with Gasteiger partial charge in [-0.1, -0.05) is 88.7 Å². The van der Waals surface area contributed by atoms with E-state index < -0.39 is 0 Å². The van der Waals surface area contributed by atoms with Gasteiger partial charge in [-0.15, -0.1) is 0 Å². The molecule has 0 fully saturated rings. The zero-order valence-electron chi connectivity index (χ0n) is 14.1. The van der Waals surface area contributed by atoms with Gasteiger partial charge in [0, 0.05) is 26.5 Å². The number of rotatable bonds is 2. The van der Waals surface area contributed by atoms with Crippen LogP contribution in [0, 0.1) is 0 Å². The van der Waals surface area contributed by atoms with E-state index in [1.165, 1.54) is 38.6 Å². The molecule has 1 nitrogen and oxygen atoms in total. The topological polar surface area (TPSA) is 4.93 Å². The molecule has 0 saturated carbocycles. The summed E-state index contributed by atoms with van der Waals surface area (Å²) in [6.07, 6.45) is 0. The van der Waals surface area contributed by atoms with Crippen molar-refractivity contribution in [3.05, 3.63) is 102 Å². The molecule has 0 radical (unpaired) electrons. The van der Waals surface area contributed by atoms with E-state index in [1.54, 1.807) is 0 Å². The zero-order chi connectivity index (χ0) is 17.5. The number of aromatic nitrogens is 1. The van der Waals surface area contributed by atoms with Crippen LogP contribution in [-0.2, 0) is 0 Å². The van der Waals surface area contributed by atoms with Gasteiger partial charge in [0.15, 0.2) is 0 Å². The van der Waals surface area contributed by atoms with Crippen LogP contribution in [0.2, 0.25) is 0 Å². The van der Waals surface area contributed by atoms with E-state index >= 15 is 0 Å². The fourth-order valence-corrected chi connectivity index (χ4v) is 4.26. The maximum atomic E-state index is 3.73. The van der Waals surface area contributed by atoms with Gasteiger partial charge in [0.05, 0.1) is 11.0 Å². The van der Waals surface area contributed by atoms with Crippen molar-refractivity contribution >= 4 is 37.7 Å². The third kappa shape index (κ3) is 2.30. The van der Waals surface area contributed by atoms with Gasteiger partial charge in [0.2, 0.25) is 0 Å². The summed E-state index contributed by atoms with van der Waals surface area (Å²) in [7, 11) is 0. The third-order valence-corrected chi connectivity index (χ3v) is 5.56. The summed E-state index contributed by atoms with van der Waals surface area (Å²) < 4.78 is 3.48. The number of para-hydroxylation sites is 3. The van der Waals surface area contributed by atoms with Crippen molar-refractivity contribution < 1.29 is 0 Å². The highest BCUT2D eigenvalue weighted by Crippen LogP contribution is 2.39. The van der Waals surface area contributed by atoms with Crippen LogP contribution in [-0.4, -0.2) is 4.57 Å². The Balaban J connectivity index is 2.00. The highest BCUT2D eigenvalue weighted by Gasteiger charge is 2.16. The Labute approximate surface area is 160 Å². The predicted octanol–water partition coefficient (Wildman–Crippen LogP) is 7.21. The lowest BCUT2D eigenvalue weighted by Crippen LogP contribution is -1.95. The smallest absolute Gasteiger partial charge is 0.0619 e. The van der Waals surface area contributed by atoms with E-state index in [-0.39, 0.29) is 0 Å². The summed E-state index contributed by atoms with van der Waals surface area (Å²) in [6.45, 7) is 0. The number of halogens is 1. The van der Waals surface area contributed by atoms with Crippen molar-refractivity contribution in [2.45, 2.75) is 0 Å². The van der Waals surface area contributed by atoms with Crippen LogP contribution in [0.5, 0.6) is 0 Å². The first-order valence-corrected chi connectivity index (χ1v) is 9.46. The summed E-state index contributed by atoms with van der Waals surface area (Å²) in [4.78, 5) is 0. The number of fused-ring (bicyclic) bond motifs is 3. The van der Waals surface area contributed by atoms with Crippen molar-refractivity contribution in [1.82, 2.24) is 4.57 Å². The predicted molar refractivity (Wildman–Crippen MR) is 114 cm³/mol. The van der Waals surface area contributed by atoms with Gasteiger partial charge in [-0.3, -0.25) is 0 Å². The van der Waals surface area contributed by atoms with Gasteiger partial charge in [-0.05, 0) is 29.8 Å². The summed E-state index contributed by atoms with van der Waals surface area (Å²) in [6, 6.07) is 34.2. The number of nitrogens with zero attached hydrogens (tertiary/aromatic N) is 1.